The minimum Gasteiger partial charge on any atom is -0.399 e. The molecule has 4 heteroatoms. The highest BCUT2D eigenvalue weighted by atomic mass is 16.2. The number of carbonyl (C=O) groups is 2. The lowest BCUT2D eigenvalue weighted by Gasteiger charge is -2.13. The van der Waals surface area contributed by atoms with Gasteiger partial charge in [0.15, 0.2) is 0 Å². The molecule has 0 unspecified atom stereocenters. The van der Waals surface area contributed by atoms with Gasteiger partial charge in [0.1, 0.15) is 0 Å². The molecule has 2 N–H and O–H groups in total. The third-order valence-corrected chi connectivity index (χ3v) is 2.31. The van der Waals surface area contributed by atoms with Crippen LogP contribution in [0.15, 0.2) is 18.2 Å². The fourth-order valence-corrected chi connectivity index (χ4v) is 1.63. The molecule has 0 fully saturated rings. The van der Waals surface area contributed by atoms with E-state index in [4.69, 9.17) is 5.73 Å². The van der Waals surface area contributed by atoms with Crippen molar-refractivity contribution in [3.05, 3.63) is 23.8 Å². The number of hydrogen-bond acceptors (Lipinski definition) is 3. The molecule has 1 aliphatic rings. The third kappa shape index (κ3) is 1.00. The maximum atomic E-state index is 11.4. The van der Waals surface area contributed by atoms with Crippen molar-refractivity contribution in [1.82, 2.24) is 0 Å². The fourth-order valence-electron chi connectivity index (χ4n) is 1.63. The first kappa shape index (κ1) is 8.74. The second kappa shape index (κ2) is 2.83. The molecule has 1 aromatic carbocycles. The van der Waals surface area contributed by atoms with Crippen LogP contribution < -0.4 is 10.6 Å². The fraction of sp³-hybridized carbons (Fsp3) is 0.200. The smallest absolute Gasteiger partial charge is 0.299 e. The number of Topliss-reactive ketones (excluding diaryl/α,β-unsaturated/α-hetero) is 1. The number of anilines is 2. The molecule has 0 atom stereocenters. The van der Waals surface area contributed by atoms with Crippen molar-refractivity contribution in [2.24, 2.45) is 0 Å². The molecule has 2 rings (SSSR count). The Hall–Kier alpha value is -1.84. The number of ketones is 1. The van der Waals surface area contributed by atoms with Gasteiger partial charge in [-0.05, 0) is 25.1 Å². The van der Waals surface area contributed by atoms with E-state index in [1.807, 2.05) is 6.92 Å². The van der Waals surface area contributed by atoms with Gasteiger partial charge in [0.2, 0.25) is 0 Å². The number of amides is 1. The van der Waals surface area contributed by atoms with E-state index in [-0.39, 0.29) is 0 Å². The van der Waals surface area contributed by atoms with Crippen molar-refractivity contribution < 1.29 is 9.59 Å². The largest absolute Gasteiger partial charge is 0.399 e. The van der Waals surface area contributed by atoms with Crippen LogP contribution in [0.5, 0.6) is 0 Å². The zero-order valence-corrected chi connectivity index (χ0v) is 7.78. The summed E-state index contributed by atoms with van der Waals surface area (Å²) in [7, 11) is 0. The monoisotopic (exact) mass is 190 g/mol. The van der Waals surface area contributed by atoms with E-state index in [2.05, 4.69) is 0 Å². The summed E-state index contributed by atoms with van der Waals surface area (Å²) < 4.78 is 0. The van der Waals surface area contributed by atoms with Crippen molar-refractivity contribution in [2.75, 3.05) is 17.2 Å². The number of fused-ring (bicyclic) bond motifs is 1. The lowest BCUT2D eigenvalue weighted by molar-refractivity contribution is -0.114. The number of nitrogen functional groups attached to an aromatic ring is 1. The first-order chi connectivity index (χ1) is 6.65. The molecule has 1 amide bonds. The Bertz CT molecular complexity index is 426. The van der Waals surface area contributed by atoms with Crippen molar-refractivity contribution in [2.45, 2.75) is 6.92 Å². The predicted octanol–water partition coefficient (Wildman–Crippen LogP) is 0.818. The molecule has 0 radical (unpaired) electrons. The van der Waals surface area contributed by atoms with Crippen molar-refractivity contribution in [1.29, 1.82) is 0 Å². The van der Waals surface area contributed by atoms with Crippen LogP contribution in [0.1, 0.15) is 17.3 Å². The van der Waals surface area contributed by atoms with E-state index in [1.165, 1.54) is 4.90 Å². The molecule has 0 spiro atoms. The van der Waals surface area contributed by atoms with E-state index >= 15 is 0 Å². The van der Waals surface area contributed by atoms with Gasteiger partial charge in [-0.25, -0.2) is 0 Å². The summed E-state index contributed by atoms with van der Waals surface area (Å²) in [6.45, 7) is 2.31. The van der Waals surface area contributed by atoms with Crippen molar-refractivity contribution in [3.63, 3.8) is 0 Å². The Balaban J connectivity index is 2.62. The number of nitrogens with zero attached hydrogens (tertiary/aromatic N) is 1. The van der Waals surface area contributed by atoms with Crippen LogP contribution in [0, 0.1) is 0 Å². The molecule has 0 aliphatic carbocycles. The number of carbonyl (C=O) groups excluding carboxylic acids is 2. The van der Waals surface area contributed by atoms with Gasteiger partial charge in [-0.1, -0.05) is 0 Å². The lowest BCUT2D eigenvalue weighted by atomic mass is 10.1. The van der Waals surface area contributed by atoms with Crippen LogP contribution in [-0.4, -0.2) is 18.2 Å². The first-order valence-electron chi connectivity index (χ1n) is 4.41. The van der Waals surface area contributed by atoms with E-state index in [9.17, 15) is 9.59 Å². The SMILES string of the molecule is CCN1C(=O)C(=O)c2ccc(N)cc21. The number of hydrogen-bond donors (Lipinski definition) is 1. The molecule has 0 saturated heterocycles. The highest BCUT2D eigenvalue weighted by molar-refractivity contribution is 6.52. The molecule has 0 saturated carbocycles. The second-order valence-corrected chi connectivity index (χ2v) is 3.16. The Morgan fingerprint density at radius 3 is 2.71 bits per heavy atom. The van der Waals surface area contributed by atoms with Gasteiger partial charge in [-0.3, -0.25) is 9.59 Å². The minimum absolute atomic E-state index is 0.443. The summed E-state index contributed by atoms with van der Waals surface area (Å²) in [4.78, 5) is 24.3. The van der Waals surface area contributed by atoms with Gasteiger partial charge >= 0.3 is 0 Å². The van der Waals surface area contributed by atoms with E-state index in [0.717, 1.165) is 0 Å². The molecule has 4 nitrogen and oxygen atoms in total. The molecule has 14 heavy (non-hydrogen) atoms. The average Bonchev–Trinajstić information content (AvgIpc) is 2.39. The molecule has 0 bridgehead atoms. The Labute approximate surface area is 81.3 Å². The topological polar surface area (TPSA) is 63.4 Å². The summed E-state index contributed by atoms with van der Waals surface area (Å²) in [5.74, 6) is -0.907. The van der Waals surface area contributed by atoms with Crippen LogP contribution in [0.2, 0.25) is 0 Å². The standard InChI is InChI=1S/C10H10N2O2/c1-2-12-8-5-6(11)3-4-7(8)9(13)10(12)14/h3-5H,2,11H2,1H3. The zero-order valence-electron chi connectivity index (χ0n) is 7.78. The maximum Gasteiger partial charge on any atom is 0.299 e. The summed E-state index contributed by atoms with van der Waals surface area (Å²) in [6, 6.07) is 4.88. The van der Waals surface area contributed by atoms with E-state index in [1.54, 1.807) is 18.2 Å². The highest BCUT2D eigenvalue weighted by Gasteiger charge is 2.34. The summed E-state index contributed by atoms with van der Waals surface area (Å²) >= 11 is 0. The number of likely N-dealkylation sites (N-methyl/N-ethyl adjacent to an activating group) is 1. The van der Waals surface area contributed by atoms with Crippen LogP contribution in [-0.2, 0) is 4.79 Å². The van der Waals surface area contributed by atoms with Crippen LogP contribution in [0.3, 0.4) is 0 Å². The molecule has 0 aromatic heterocycles. The molecule has 72 valence electrons. The Morgan fingerprint density at radius 2 is 2.07 bits per heavy atom. The third-order valence-electron chi connectivity index (χ3n) is 2.31. The quantitative estimate of drug-likeness (QED) is 0.526. The summed E-state index contributed by atoms with van der Waals surface area (Å²) in [6.07, 6.45) is 0. The summed E-state index contributed by atoms with van der Waals surface area (Å²) in [5.41, 5.74) is 7.23. The highest BCUT2D eigenvalue weighted by Crippen LogP contribution is 2.30. The Morgan fingerprint density at radius 1 is 1.36 bits per heavy atom. The molecule has 1 heterocycles. The predicted molar refractivity (Wildman–Crippen MR) is 53.2 cm³/mol. The van der Waals surface area contributed by atoms with Crippen molar-refractivity contribution in [3.8, 4) is 0 Å². The number of rotatable bonds is 1. The number of benzene rings is 1. The maximum absolute atomic E-state index is 11.4. The normalized spacial score (nSPS) is 14.8. The number of nitrogens with two attached hydrogens (primary N) is 1. The molecular formula is C10H10N2O2. The van der Waals surface area contributed by atoms with Gasteiger partial charge in [-0.15, -0.1) is 0 Å². The Kier molecular flexibility index (Phi) is 1.77. The lowest BCUT2D eigenvalue weighted by Crippen LogP contribution is -2.29. The van der Waals surface area contributed by atoms with Gasteiger partial charge in [0.05, 0.1) is 11.3 Å². The van der Waals surface area contributed by atoms with Gasteiger partial charge in [0, 0.05) is 12.2 Å². The van der Waals surface area contributed by atoms with Crippen LogP contribution >= 0.6 is 0 Å². The molecule has 1 aromatic rings. The van der Waals surface area contributed by atoms with Crippen LogP contribution in [0.25, 0.3) is 0 Å². The summed E-state index contributed by atoms with van der Waals surface area (Å²) in [5, 5.41) is 0. The average molecular weight is 190 g/mol. The van der Waals surface area contributed by atoms with E-state index < -0.39 is 11.7 Å². The van der Waals surface area contributed by atoms with Gasteiger partial charge in [0.25, 0.3) is 11.7 Å². The molecule has 1 aliphatic heterocycles. The second-order valence-electron chi connectivity index (χ2n) is 3.16. The zero-order chi connectivity index (χ0) is 10.3. The van der Waals surface area contributed by atoms with Crippen LogP contribution in [0.4, 0.5) is 11.4 Å². The first-order valence-corrected chi connectivity index (χ1v) is 4.41. The van der Waals surface area contributed by atoms with Gasteiger partial charge < -0.3 is 10.6 Å². The minimum atomic E-state index is -0.465. The molecular weight excluding hydrogens is 180 g/mol. The van der Waals surface area contributed by atoms with Crippen molar-refractivity contribution >= 4 is 23.1 Å². The van der Waals surface area contributed by atoms with Gasteiger partial charge in [-0.2, -0.15) is 0 Å². The van der Waals surface area contributed by atoms with E-state index in [0.29, 0.717) is 23.5 Å².